The van der Waals surface area contributed by atoms with E-state index in [0.29, 0.717) is 0 Å². The lowest BCUT2D eigenvalue weighted by molar-refractivity contribution is 0.660. The average Bonchev–Trinajstić information content (AvgIpc) is 4.09. The number of imidazole rings is 1. The van der Waals surface area contributed by atoms with E-state index in [1.165, 1.54) is 99.8 Å². The van der Waals surface area contributed by atoms with E-state index in [4.69, 9.17) is 4.98 Å². The number of aromatic nitrogens is 3. The first-order valence-corrected chi connectivity index (χ1v) is 21.7. The second-order valence-corrected chi connectivity index (χ2v) is 17.9. The van der Waals surface area contributed by atoms with Gasteiger partial charge >= 0.3 is 0 Å². The SMILES string of the molecule is CC1(C)c2ccccc2-c2ccc(-c3ccc(-n4c5ccccc5c5cc(-c6cccc7c6-c6ccccc6C76c7ccccc7-n7c6nc6ccccc67)ccc54)cc3)cc21. The van der Waals surface area contributed by atoms with Gasteiger partial charge in [-0.25, -0.2) is 4.98 Å². The summed E-state index contributed by atoms with van der Waals surface area (Å²) in [6.07, 6.45) is 0. The molecule has 1 unspecified atom stereocenters. The van der Waals surface area contributed by atoms with Crippen molar-refractivity contribution < 1.29 is 0 Å². The van der Waals surface area contributed by atoms with Gasteiger partial charge in [0.1, 0.15) is 11.2 Å². The highest BCUT2D eigenvalue weighted by molar-refractivity contribution is 6.11. The van der Waals surface area contributed by atoms with Gasteiger partial charge in [-0.15, -0.1) is 0 Å². The standard InChI is InChI=1S/C59H39N3/c1-58(2)46-18-6-3-14-41(46)42-32-28-37(35-50(42)58)36-26-30-39(31-27-36)61-52-23-10-5-15-43(52)45-34-38(29-33-53(45)61)40-17-13-21-49-56(40)44-16-4-7-19-47(44)59(49)48-20-8-11-24-54(48)62-55-25-12-9-22-51(55)60-57(59)62/h3-35H,1-2H3. The number of benzene rings is 9. The second-order valence-electron chi connectivity index (χ2n) is 17.9. The van der Waals surface area contributed by atoms with Gasteiger partial charge in [-0.1, -0.05) is 159 Å². The predicted molar refractivity (Wildman–Crippen MR) is 255 cm³/mol. The van der Waals surface area contributed by atoms with E-state index >= 15 is 0 Å². The van der Waals surface area contributed by atoms with Gasteiger partial charge in [0.2, 0.25) is 0 Å². The number of para-hydroxylation sites is 4. The molecule has 1 aliphatic heterocycles. The number of rotatable bonds is 3. The molecule has 0 N–H and O–H groups in total. The zero-order valence-electron chi connectivity index (χ0n) is 34.4. The minimum atomic E-state index is -0.537. The molecule has 0 fully saturated rings. The third-order valence-electron chi connectivity index (χ3n) is 14.5. The van der Waals surface area contributed by atoms with Gasteiger partial charge < -0.3 is 4.57 Å². The van der Waals surface area contributed by atoms with Crippen molar-refractivity contribution in [3.8, 4) is 55.9 Å². The lowest BCUT2D eigenvalue weighted by atomic mass is 9.73. The van der Waals surface area contributed by atoms with Crippen LogP contribution in [0.1, 0.15) is 47.5 Å². The van der Waals surface area contributed by atoms with Crippen LogP contribution in [0.15, 0.2) is 200 Å². The van der Waals surface area contributed by atoms with E-state index in [1.807, 2.05) is 0 Å². The fraction of sp³-hybridized carbons (Fsp3) is 0.0678. The Morgan fingerprint density at radius 1 is 0.387 bits per heavy atom. The summed E-state index contributed by atoms with van der Waals surface area (Å²) >= 11 is 0. The molecule has 3 heteroatoms. The van der Waals surface area contributed by atoms with Crippen molar-refractivity contribution in [2.24, 2.45) is 0 Å². The molecule has 0 saturated heterocycles. The summed E-state index contributed by atoms with van der Waals surface area (Å²) in [5.41, 5.74) is 23.2. The monoisotopic (exact) mass is 789 g/mol. The van der Waals surface area contributed by atoms with Gasteiger partial charge in [0.05, 0.1) is 27.8 Å². The van der Waals surface area contributed by atoms with Crippen molar-refractivity contribution in [3.63, 3.8) is 0 Å². The molecule has 11 aromatic rings. The maximum absolute atomic E-state index is 5.46. The van der Waals surface area contributed by atoms with E-state index in [-0.39, 0.29) is 5.41 Å². The summed E-state index contributed by atoms with van der Waals surface area (Å²) < 4.78 is 4.84. The number of nitrogens with zero attached hydrogens (tertiary/aromatic N) is 3. The Morgan fingerprint density at radius 3 is 1.89 bits per heavy atom. The van der Waals surface area contributed by atoms with Crippen LogP contribution >= 0.6 is 0 Å². The number of hydrogen-bond acceptors (Lipinski definition) is 1. The van der Waals surface area contributed by atoms with E-state index in [1.54, 1.807) is 0 Å². The predicted octanol–water partition coefficient (Wildman–Crippen LogP) is 14.4. The fourth-order valence-electron chi connectivity index (χ4n) is 11.8. The van der Waals surface area contributed by atoms with Crippen LogP contribution in [-0.4, -0.2) is 14.1 Å². The molecular formula is C59H39N3. The van der Waals surface area contributed by atoms with Crippen LogP contribution in [0.3, 0.4) is 0 Å². The van der Waals surface area contributed by atoms with Crippen molar-refractivity contribution in [1.82, 2.24) is 14.1 Å². The Kier molecular flexibility index (Phi) is 6.56. The lowest BCUT2D eigenvalue weighted by Crippen LogP contribution is -2.27. The molecule has 0 saturated carbocycles. The number of hydrogen-bond donors (Lipinski definition) is 0. The molecule has 1 atom stereocenters. The van der Waals surface area contributed by atoms with Crippen molar-refractivity contribution in [2.45, 2.75) is 24.7 Å². The Labute approximate surface area is 359 Å². The molecule has 0 amide bonds. The second kappa shape index (κ2) is 12.0. The van der Waals surface area contributed by atoms with Gasteiger partial charge in [0, 0.05) is 21.9 Å². The van der Waals surface area contributed by atoms with E-state index in [2.05, 4.69) is 223 Å². The summed E-state index contributed by atoms with van der Waals surface area (Å²) in [5, 5.41) is 2.49. The van der Waals surface area contributed by atoms with E-state index < -0.39 is 5.41 Å². The fourth-order valence-corrected chi connectivity index (χ4v) is 11.8. The van der Waals surface area contributed by atoms with Crippen molar-refractivity contribution >= 4 is 32.8 Å². The highest BCUT2D eigenvalue weighted by Crippen LogP contribution is 2.62. The van der Waals surface area contributed by atoms with Crippen LogP contribution in [0.2, 0.25) is 0 Å². The first kappa shape index (κ1) is 34.0. The van der Waals surface area contributed by atoms with Crippen molar-refractivity contribution in [1.29, 1.82) is 0 Å². The van der Waals surface area contributed by atoms with Crippen molar-refractivity contribution in [2.75, 3.05) is 0 Å². The summed E-state index contributed by atoms with van der Waals surface area (Å²) in [6, 6.07) is 74.4. The van der Waals surface area contributed by atoms with Gasteiger partial charge in [0.15, 0.2) is 0 Å². The zero-order chi connectivity index (χ0) is 40.9. The molecule has 2 aliphatic carbocycles. The molecule has 2 aromatic heterocycles. The molecule has 9 aromatic carbocycles. The Bertz CT molecular complexity index is 3730. The molecule has 3 nitrogen and oxygen atoms in total. The topological polar surface area (TPSA) is 22.8 Å². The van der Waals surface area contributed by atoms with Crippen LogP contribution in [0, 0.1) is 0 Å². The lowest BCUT2D eigenvalue weighted by Gasteiger charge is -2.27. The highest BCUT2D eigenvalue weighted by Gasteiger charge is 2.54. The van der Waals surface area contributed by atoms with Crippen LogP contribution in [0.5, 0.6) is 0 Å². The maximum atomic E-state index is 5.46. The molecule has 290 valence electrons. The number of fused-ring (bicyclic) bond motifs is 18. The molecule has 62 heavy (non-hydrogen) atoms. The van der Waals surface area contributed by atoms with Gasteiger partial charge in [0.25, 0.3) is 0 Å². The smallest absolute Gasteiger partial charge is 0.134 e. The molecule has 14 rings (SSSR count). The van der Waals surface area contributed by atoms with E-state index in [9.17, 15) is 0 Å². The zero-order valence-corrected chi connectivity index (χ0v) is 34.4. The van der Waals surface area contributed by atoms with Crippen LogP contribution in [-0.2, 0) is 10.8 Å². The molecule has 3 aliphatic rings. The Hall–Kier alpha value is -7.75. The largest absolute Gasteiger partial charge is 0.309 e. The summed E-state index contributed by atoms with van der Waals surface area (Å²) in [5.74, 6) is 1.07. The third kappa shape index (κ3) is 4.18. The normalized spacial score (nSPS) is 16.1. The van der Waals surface area contributed by atoms with Crippen LogP contribution < -0.4 is 0 Å². The summed E-state index contributed by atoms with van der Waals surface area (Å²) in [6.45, 7) is 4.70. The first-order valence-electron chi connectivity index (χ1n) is 21.7. The van der Waals surface area contributed by atoms with E-state index in [0.717, 1.165) is 22.5 Å². The summed E-state index contributed by atoms with van der Waals surface area (Å²) in [4.78, 5) is 5.46. The van der Waals surface area contributed by atoms with Crippen LogP contribution in [0.25, 0.3) is 88.7 Å². The average molecular weight is 790 g/mol. The van der Waals surface area contributed by atoms with Gasteiger partial charge in [-0.05, 0) is 127 Å². The quantitative estimate of drug-likeness (QED) is 0.175. The summed E-state index contributed by atoms with van der Waals surface area (Å²) in [7, 11) is 0. The van der Waals surface area contributed by atoms with Crippen molar-refractivity contribution in [3.05, 3.63) is 234 Å². The van der Waals surface area contributed by atoms with Crippen LogP contribution in [0.4, 0.5) is 0 Å². The van der Waals surface area contributed by atoms with Gasteiger partial charge in [-0.3, -0.25) is 4.57 Å². The Morgan fingerprint density at radius 2 is 1.02 bits per heavy atom. The Balaban J connectivity index is 0.915. The third-order valence-corrected chi connectivity index (χ3v) is 14.5. The van der Waals surface area contributed by atoms with Gasteiger partial charge in [-0.2, -0.15) is 0 Å². The molecule has 0 bridgehead atoms. The minimum Gasteiger partial charge on any atom is -0.309 e. The first-order chi connectivity index (χ1) is 30.5. The molecule has 3 heterocycles. The maximum Gasteiger partial charge on any atom is 0.134 e. The minimum absolute atomic E-state index is 0.0329. The highest BCUT2D eigenvalue weighted by atomic mass is 15.1. The molecule has 0 radical (unpaired) electrons. The molecular weight excluding hydrogens is 751 g/mol. The molecule has 1 spiro atoms.